The number of benzene rings is 8. The van der Waals surface area contributed by atoms with Crippen molar-refractivity contribution in [3.05, 3.63) is 187 Å². The summed E-state index contributed by atoms with van der Waals surface area (Å²) < 4.78 is 0. The Kier molecular flexibility index (Phi) is 5.59. The van der Waals surface area contributed by atoms with Gasteiger partial charge in [0.2, 0.25) is 0 Å². The summed E-state index contributed by atoms with van der Waals surface area (Å²) in [5.41, 5.74) is 19.9. The number of anilines is 5. The molecule has 55 heavy (non-hydrogen) atoms. The topological polar surface area (TPSA) is 6.48 Å². The monoisotopic (exact) mass is 714 g/mol. The molecule has 0 aromatic heterocycles. The molecule has 8 aromatic carbocycles. The summed E-state index contributed by atoms with van der Waals surface area (Å²) in [6, 6.07) is 67.5. The van der Waals surface area contributed by atoms with Crippen molar-refractivity contribution in [2.75, 3.05) is 9.71 Å². The third kappa shape index (κ3) is 3.45. The van der Waals surface area contributed by atoms with Gasteiger partial charge in [0.05, 0.1) is 5.69 Å². The number of hydrogen-bond acceptors (Lipinski definition) is 2. The molecule has 0 radical (unpaired) electrons. The molecule has 8 aromatic rings. The number of rotatable bonds is 1. The summed E-state index contributed by atoms with van der Waals surface area (Å²) in [6.07, 6.45) is 0. The van der Waals surface area contributed by atoms with E-state index in [1.54, 1.807) is 0 Å². The van der Waals surface area contributed by atoms with E-state index in [1.807, 2.05) is 0 Å². The van der Waals surface area contributed by atoms with Gasteiger partial charge in [0.1, 0.15) is 0 Å². The Hall–Kier alpha value is -6.36. The van der Waals surface area contributed by atoms with Gasteiger partial charge >= 0.3 is 6.85 Å². The third-order valence-electron chi connectivity index (χ3n) is 13.6. The highest BCUT2D eigenvalue weighted by Gasteiger charge is 2.58. The lowest BCUT2D eigenvalue weighted by Crippen LogP contribution is -2.78. The molecule has 4 heteroatoms. The van der Waals surface area contributed by atoms with Crippen molar-refractivity contribution in [1.82, 2.24) is 0 Å². The standard InChI is InChI=1S/C51H35BN2Si/c1-51(2)38-21-8-9-24-41(38)53-43-31-33(32-16-4-3-5-17-32)30-37-36-20-14-29-47-49(36)54(52(48(37)43)40-23-15-22-39(51)50(40)53)42-25-10-13-28-46(42)55(47)44-26-11-6-18-34(44)35-19-7-12-27-45(35)55/h3-31H,1-2H3. The second-order valence-corrected chi connectivity index (χ2v) is 20.0. The quantitative estimate of drug-likeness (QED) is 0.158. The highest BCUT2D eigenvalue weighted by molar-refractivity contribution is 7.24. The molecule has 2 nitrogen and oxygen atoms in total. The first kappa shape index (κ1) is 30.0. The van der Waals surface area contributed by atoms with Crippen LogP contribution >= 0.6 is 0 Å². The minimum absolute atomic E-state index is 0.00451. The molecule has 0 aliphatic carbocycles. The molecular weight excluding hydrogens is 679 g/mol. The van der Waals surface area contributed by atoms with E-state index in [4.69, 9.17) is 0 Å². The SMILES string of the molecule is CC1(C)c2ccccc2N2c3cc(-c4ccccc4)cc4c3B(c3cccc1c32)N1c2ccccc2[Si]2(c3ccccc3-c3ccccc32)c2cccc-4c21. The maximum Gasteiger partial charge on any atom is 0.333 e. The molecule has 0 unspecified atom stereocenters. The highest BCUT2D eigenvalue weighted by atomic mass is 28.3. The van der Waals surface area contributed by atoms with Gasteiger partial charge in [0.15, 0.2) is 8.07 Å². The summed E-state index contributed by atoms with van der Waals surface area (Å²) in [5, 5.41) is 6.00. The van der Waals surface area contributed by atoms with Gasteiger partial charge in [-0.1, -0.05) is 166 Å². The van der Waals surface area contributed by atoms with Crippen molar-refractivity contribution in [2.24, 2.45) is 0 Å². The largest absolute Gasteiger partial charge is 0.376 e. The molecule has 0 atom stereocenters. The van der Waals surface area contributed by atoms with Gasteiger partial charge in [-0.25, -0.2) is 0 Å². The normalized spacial score (nSPS) is 16.0. The van der Waals surface area contributed by atoms with Gasteiger partial charge in [-0.3, -0.25) is 0 Å². The molecule has 13 rings (SSSR count). The molecular formula is C51H35BN2Si. The van der Waals surface area contributed by atoms with E-state index in [0.29, 0.717) is 0 Å². The van der Waals surface area contributed by atoms with Crippen LogP contribution in [0.5, 0.6) is 0 Å². The fourth-order valence-electron chi connectivity index (χ4n) is 11.5. The Labute approximate surface area is 323 Å². The fourth-order valence-corrected chi connectivity index (χ4v) is 17.0. The van der Waals surface area contributed by atoms with E-state index >= 15 is 0 Å². The van der Waals surface area contributed by atoms with Crippen molar-refractivity contribution < 1.29 is 0 Å². The first-order valence-corrected chi connectivity index (χ1v) is 21.6. The number of hydrogen-bond donors (Lipinski definition) is 0. The van der Waals surface area contributed by atoms with Crippen LogP contribution in [0.1, 0.15) is 25.0 Å². The zero-order chi connectivity index (χ0) is 36.2. The maximum absolute atomic E-state index is 2.77. The van der Waals surface area contributed by atoms with Crippen molar-refractivity contribution in [1.29, 1.82) is 0 Å². The van der Waals surface area contributed by atoms with Gasteiger partial charge in [0.25, 0.3) is 0 Å². The summed E-state index contributed by atoms with van der Waals surface area (Å²) in [6.45, 7) is 4.82. The second-order valence-electron chi connectivity index (χ2n) is 16.4. The Morgan fingerprint density at radius 3 is 1.82 bits per heavy atom. The smallest absolute Gasteiger partial charge is 0.333 e. The predicted molar refractivity (Wildman–Crippen MR) is 234 cm³/mol. The van der Waals surface area contributed by atoms with Crippen LogP contribution in [0, 0.1) is 0 Å². The van der Waals surface area contributed by atoms with Crippen LogP contribution in [0.4, 0.5) is 28.4 Å². The Balaban J connectivity index is 1.22. The lowest BCUT2D eigenvalue weighted by molar-refractivity contribution is 0.632. The highest BCUT2D eigenvalue weighted by Crippen LogP contribution is 2.55. The number of fused-ring (bicyclic) bond motifs is 15. The molecule has 5 aliphatic heterocycles. The zero-order valence-corrected chi connectivity index (χ0v) is 31.7. The zero-order valence-electron chi connectivity index (χ0n) is 30.7. The summed E-state index contributed by atoms with van der Waals surface area (Å²) in [4.78, 5) is 5.40. The molecule has 0 saturated carbocycles. The average Bonchev–Trinajstić information content (AvgIpc) is 3.53. The summed E-state index contributed by atoms with van der Waals surface area (Å²) >= 11 is 0. The van der Waals surface area contributed by atoms with Crippen molar-refractivity contribution in [3.63, 3.8) is 0 Å². The van der Waals surface area contributed by atoms with Crippen LogP contribution in [-0.4, -0.2) is 14.9 Å². The maximum atomic E-state index is 2.77. The number of para-hydroxylation sites is 4. The van der Waals surface area contributed by atoms with Crippen LogP contribution in [0.15, 0.2) is 176 Å². The molecule has 1 spiro atoms. The van der Waals surface area contributed by atoms with Gasteiger partial charge in [-0.05, 0) is 94.9 Å². The van der Waals surface area contributed by atoms with E-state index in [9.17, 15) is 0 Å². The van der Waals surface area contributed by atoms with Gasteiger partial charge in [0, 0.05) is 33.7 Å². The minimum atomic E-state index is -2.73. The van der Waals surface area contributed by atoms with Crippen LogP contribution < -0.4 is 41.4 Å². The van der Waals surface area contributed by atoms with E-state index in [-0.39, 0.29) is 12.3 Å². The summed E-state index contributed by atoms with van der Waals surface area (Å²) in [7, 11) is -2.73. The van der Waals surface area contributed by atoms with E-state index in [2.05, 4.69) is 199 Å². The lowest BCUT2D eigenvalue weighted by Gasteiger charge is -2.53. The lowest BCUT2D eigenvalue weighted by atomic mass is 9.42. The molecule has 0 bridgehead atoms. The van der Waals surface area contributed by atoms with Crippen LogP contribution in [0.3, 0.4) is 0 Å². The molecule has 0 amide bonds. The minimum Gasteiger partial charge on any atom is -0.376 e. The van der Waals surface area contributed by atoms with Gasteiger partial charge in [-0.15, -0.1) is 0 Å². The van der Waals surface area contributed by atoms with Gasteiger partial charge < -0.3 is 9.71 Å². The molecule has 0 N–H and O–H groups in total. The molecule has 256 valence electrons. The average molecular weight is 715 g/mol. The van der Waals surface area contributed by atoms with Crippen LogP contribution in [0.25, 0.3) is 33.4 Å². The molecule has 0 saturated heterocycles. The van der Waals surface area contributed by atoms with Crippen molar-refractivity contribution >= 4 is 75.0 Å². The van der Waals surface area contributed by atoms with E-state index < -0.39 is 8.07 Å². The second kappa shape index (κ2) is 10.2. The Morgan fingerprint density at radius 2 is 1.04 bits per heavy atom. The first-order valence-electron chi connectivity index (χ1n) is 19.6. The van der Waals surface area contributed by atoms with Gasteiger partial charge in [-0.2, -0.15) is 0 Å². The number of nitrogens with zero attached hydrogens (tertiary/aromatic N) is 2. The third-order valence-corrected chi connectivity index (χ3v) is 18.5. The molecule has 5 aliphatic rings. The predicted octanol–water partition coefficient (Wildman–Crippen LogP) is 8.37. The van der Waals surface area contributed by atoms with E-state index in [1.165, 1.54) is 105 Å². The van der Waals surface area contributed by atoms with Crippen molar-refractivity contribution in [3.8, 4) is 33.4 Å². The summed E-state index contributed by atoms with van der Waals surface area (Å²) in [5.74, 6) is 0. The Bertz CT molecular complexity index is 2960. The fraction of sp³-hybridized carbons (Fsp3) is 0.0588. The molecule has 5 heterocycles. The van der Waals surface area contributed by atoms with Crippen LogP contribution in [-0.2, 0) is 5.41 Å². The van der Waals surface area contributed by atoms with E-state index in [0.717, 1.165) is 0 Å². The van der Waals surface area contributed by atoms with Crippen LogP contribution in [0.2, 0.25) is 0 Å². The van der Waals surface area contributed by atoms with Crippen molar-refractivity contribution in [2.45, 2.75) is 19.3 Å². The molecule has 0 fully saturated rings. The first-order chi connectivity index (χ1) is 27.1. The Morgan fingerprint density at radius 1 is 0.436 bits per heavy atom.